The van der Waals surface area contributed by atoms with E-state index in [0.717, 1.165) is 0 Å². The molecule has 6 nitrogen and oxygen atoms in total. The predicted octanol–water partition coefficient (Wildman–Crippen LogP) is 1.98. The topological polar surface area (TPSA) is 61.9 Å². The van der Waals surface area contributed by atoms with E-state index in [1.165, 1.54) is 0 Å². The average Bonchev–Trinajstić information content (AvgIpc) is 2.83. The Morgan fingerprint density at radius 1 is 1.52 bits per heavy atom. The molecule has 1 fully saturated rings. The van der Waals surface area contributed by atoms with Crippen LogP contribution < -0.4 is 10.1 Å². The van der Waals surface area contributed by atoms with E-state index in [4.69, 9.17) is 16.3 Å². The van der Waals surface area contributed by atoms with Gasteiger partial charge in [0.25, 0.3) is 0 Å². The zero-order valence-electron chi connectivity index (χ0n) is 13.4. The number of nitrogens with one attached hydrogen (secondary N) is 1. The number of carbonyl (C=O) groups is 2. The molecule has 1 atom stereocenters. The Kier molecular flexibility index (Phi) is 6.10. The standard InChI is InChI=1S/C16H22ClN3O3/c1-3-20(9-10-23-13-6-4-5-12(17)11-13)16(22)18-14-7-8-19(2)15(14)21/h4-6,11,14H,3,7-10H2,1-2H3,(H,18,22)/t14-/m0/s1. The number of likely N-dealkylation sites (tertiary alicyclic amines) is 1. The Balaban J connectivity index is 1.80. The van der Waals surface area contributed by atoms with E-state index in [-0.39, 0.29) is 11.9 Å². The minimum Gasteiger partial charge on any atom is -0.492 e. The second-order valence-corrected chi connectivity index (χ2v) is 5.87. The summed E-state index contributed by atoms with van der Waals surface area (Å²) in [6.07, 6.45) is 0.650. The number of hydrogen-bond donors (Lipinski definition) is 1. The number of hydrogen-bond acceptors (Lipinski definition) is 3. The van der Waals surface area contributed by atoms with Crippen LogP contribution in [0.25, 0.3) is 0 Å². The molecule has 126 valence electrons. The van der Waals surface area contributed by atoms with E-state index in [0.29, 0.717) is 43.4 Å². The van der Waals surface area contributed by atoms with E-state index in [1.54, 1.807) is 29.0 Å². The van der Waals surface area contributed by atoms with E-state index in [1.807, 2.05) is 19.1 Å². The van der Waals surface area contributed by atoms with Crippen molar-refractivity contribution in [3.05, 3.63) is 29.3 Å². The number of halogens is 1. The molecule has 0 spiro atoms. The minimum absolute atomic E-state index is 0.0374. The van der Waals surface area contributed by atoms with Crippen molar-refractivity contribution < 1.29 is 14.3 Å². The van der Waals surface area contributed by atoms with Gasteiger partial charge in [-0.2, -0.15) is 0 Å². The first-order valence-electron chi connectivity index (χ1n) is 7.70. The fourth-order valence-corrected chi connectivity index (χ4v) is 2.61. The summed E-state index contributed by atoms with van der Waals surface area (Å²) < 4.78 is 5.60. The summed E-state index contributed by atoms with van der Waals surface area (Å²) in [6.45, 7) is 3.91. The highest BCUT2D eigenvalue weighted by atomic mass is 35.5. The molecule has 0 unspecified atom stereocenters. The Hall–Kier alpha value is -1.95. The lowest BCUT2D eigenvalue weighted by molar-refractivity contribution is -0.128. The maximum atomic E-state index is 12.2. The molecular weight excluding hydrogens is 318 g/mol. The van der Waals surface area contributed by atoms with Gasteiger partial charge >= 0.3 is 6.03 Å². The Labute approximate surface area is 141 Å². The molecule has 3 amide bonds. The number of likely N-dealkylation sites (N-methyl/N-ethyl adjacent to an activating group) is 2. The van der Waals surface area contributed by atoms with E-state index in [2.05, 4.69) is 5.32 Å². The Bertz CT molecular complexity index is 567. The summed E-state index contributed by atoms with van der Waals surface area (Å²) in [5.41, 5.74) is 0. The molecule has 0 radical (unpaired) electrons. The van der Waals surface area contributed by atoms with Crippen LogP contribution >= 0.6 is 11.6 Å². The number of urea groups is 1. The third-order valence-corrected chi connectivity index (χ3v) is 4.06. The molecule has 0 bridgehead atoms. The van der Waals surface area contributed by atoms with Crippen molar-refractivity contribution in [2.75, 3.05) is 33.3 Å². The third-order valence-electron chi connectivity index (χ3n) is 3.82. The van der Waals surface area contributed by atoms with E-state index in [9.17, 15) is 9.59 Å². The van der Waals surface area contributed by atoms with Gasteiger partial charge in [0, 0.05) is 25.2 Å². The molecular formula is C16H22ClN3O3. The lowest BCUT2D eigenvalue weighted by atomic mass is 10.2. The van der Waals surface area contributed by atoms with Gasteiger partial charge in [0.2, 0.25) is 5.91 Å². The molecule has 7 heteroatoms. The minimum atomic E-state index is -0.421. The van der Waals surface area contributed by atoms with Crippen molar-refractivity contribution in [1.82, 2.24) is 15.1 Å². The van der Waals surface area contributed by atoms with Gasteiger partial charge in [-0.1, -0.05) is 17.7 Å². The molecule has 1 saturated heterocycles. The van der Waals surface area contributed by atoms with Crippen LogP contribution in [-0.4, -0.2) is 61.1 Å². The van der Waals surface area contributed by atoms with Gasteiger partial charge in [-0.3, -0.25) is 4.79 Å². The number of amides is 3. The first-order chi connectivity index (χ1) is 11.0. The van der Waals surface area contributed by atoms with Crippen LogP contribution in [0, 0.1) is 0 Å². The normalized spacial score (nSPS) is 17.3. The van der Waals surface area contributed by atoms with Gasteiger partial charge in [0.1, 0.15) is 18.4 Å². The second kappa shape index (κ2) is 8.06. The van der Waals surface area contributed by atoms with Gasteiger partial charge in [-0.25, -0.2) is 4.79 Å². The maximum absolute atomic E-state index is 12.2. The first kappa shape index (κ1) is 17.4. The van der Waals surface area contributed by atoms with E-state index < -0.39 is 6.04 Å². The number of ether oxygens (including phenoxy) is 1. The predicted molar refractivity (Wildman–Crippen MR) is 88.8 cm³/mol. The van der Waals surface area contributed by atoms with Crippen LogP contribution in [0.3, 0.4) is 0 Å². The summed E-state index contributed by atoms with van der Waals surface area (Å²) in [5.74, 6) is 0.631. The number of nitrogens with zero attached hydrogens (tertiary/aromatic N) is 2. The molecule has 1 N–H and O–H groups in total. The molecule has 2 rings (SSSR count). The highest BCUT2D eigenvalue weighted by Gasteiger charge is 2.31. The number of carbonyl (C=O) groups excluding carboxylic acids is 2. The van der Waals surface area contributed by atoms with Crippen LogP contribution in [0.1, 0.15) is 13.3 Å². The monoisotopic (exact) mass is 339 g/mol. The molecule has 0 saturated carbocycles. The van der Waals surface area contributed by atoms with Gasteiger partial charge in [0.15, 0.2) is 0 Å². The first-order valence-corrected chi connectivity index (χ1v) is 8.08. The molecule has 0 aliphatic carbocycles. The van der Waals surface area contributed by atoms with Crippen molar-refractivity contribution in [3.63, 3.8) is 0 Å². The van der Waals surface area contributed by atoms with Crippen molar-refractivity contribution in [2.24, 2.45) is 0 Å². The summed E-state index contributed by atoms with van der Waals surface area (Å²) in [7, 11) is 1.74. The fourth-order valence-electron chi connectivity index (χ4n) is 2.43. The van der Waals surface area contributed by atoms with Crippen molar-refractivity contribution in [3.8, 4) is 5.75 Å². The molecule has 1 aliphatic heterocycles. The SMILES string of the molecule is CCN(CCOc1cccc(Cl)c1)C(=O)N[C@H]1CCN(C)C1=O. The highest BCUT2D eigenvalue weighted by molar-refractivity contribution is 6.30. The molecule has 1 heterocycles. The summed E-state index contributed by atoms with van der Waals surface area (Å²) >= 11 is 5.89. The van der Waals surface area contributed by atoms with Crippen molar-refractivity contribution in [2.45, 2.75) is 19.4 Å². The van der Waals surface area contributed by atoms with Crippen molar-refractivity contribution in [1.29, 1.82) is 0 Å². The number of rotatable bonds is 6. The molecule has 1 aromatic rings. The summed E-state index contributed by atoms with van der Waals surface area (Å²) in [4.78, 5) is 27.3. The molecule has 1 aliphatic rings. The quantitative estimate of drug-likeness (QED) is 0.862. The summed E-state index contributed by atoms with van der Waals surface area (Å²) in [6, 6.07) is 6.46. The smallest absolute Gasteiger partial charge is 0.318 e. The van der Waals surface area contributed by atoms with Gasteiger partial charge in [-0.05, 0) is 31.5 Å². The van der Waals surface area contributed by atoms with Crippen LogP contribution in [0.5, 0.6) is 5.75 Å². The van der Waals surface area contributed by atoms with Crippen LogP contribution in [0.15, 0.2) is 24.3 Å². The zero-order chi connectivity index (χ0) is 16.8. The van der Waals surface area contributed by atoms with Crippen molar-refractivity contribution >= 4 is 23.5 Å². The van der Waals surface area contributed by atoms with Crippen LogP contribution in [0.4, 0.5) is 4.79 Å². The fraction of sp³-hybridized carbons (Fsp3) is 0.500. The lowest BCUT2D eigenvalue weighted by Crippen LogP contribution is -2.48. The van der Waals surface area contributed by atoms with Crippen LogP contribution in [-0.2, 0) is 4.79 Å². The molecule has 23 heavy (non-hydrogen) atoms. The largest absolute Gasteiger partial charge is 0.492 e. The van der Waals surface area contributed by atoms with Gasteiger partial charge in [-0.15, -0.1) is 0 Å². The lowest BCUT2D eigenvalue weighted by Gasteiger charge is -2.23. The Morgan fingerprint density at radius 2 is 2.30 bits per heavy atom. The second-order valence-electron chi connectivity index (χ2n) is 5.44. The highest BCUT2D eigenvalue weighted by Crippen LogP contribution is 2.17. The maximum Gasteiger partial charge on any atom is 0.318 e. The third kappa shape index (κ3) is 4.76. The Morgan fingerprint density at radius 3 is 2.91 bits per heavy atom. The summed E-state index contributed by atoms with van der Waals surface area (Å²) in [5, 5.41) is 3.39. The van der Waals surface area contributed by atoms with Crippen LogP contribution in [0.2, 0.25) is 5.02 Å². The van der Waals surface area contributed by atoms with Gasteiger partial charge in [0.05, 0.1) is 6.54 Å². The van der Waals surface area contributed by atoms with Gasteiger partial charge < -0.3 is 19.9 Å². The van der Waals surface area contributed by atoms with E-state index >= 15 is 0 Å². The number of benzene rings is 1. The zero-order valence-corrected chi connectivity index (χ0v) is 14.2. The molecule has 1 aromatic carbocycles. The molecule has 0 aromatic heterocycles. The average molecular weight is 340 g/mol.